The zero-order chi connectivity index (χ0) is 14.0. The van der Waals surface area contributed by atoms with Crippen molar-refractivity contribution in [3.63, 3.8) is 0 Å². The van der Waals surface area contributed by atoms with Gasteiger partial charge in [-0.15, -0.1) is 21.5 Å². The molecule has 0 spiro atoms. The van der Waals surface area contributed by atoms with Gasteiger partial charge in [-0.05, 0) is 13.8 Å². The molecule has 0 bridgehead atoms. The quantitative estimate of drug-likeness (QED) is 0.812. The molecule has 3 N–H and O–H groups in total. The highest BCUT2D eigenvalue weighted by Crippen LogP contribution is 2.26. The number of aromatic nitrogens is 4. The highest BCUT2D eigenvalue weighted by Gasteiger charge is 2.14. The summed E-state index contributed by atoms with van der Waals surface area (Å²) >= 11 is 2.55. The van der Waals surface area contributed by atoms with Crippen LogP contribution in [0.15, 0.2) is 10.5 Å². The van der Waals surface area contributed by atoms with Crippen LogP contribution in [0.5, 0.6) is 0 Å². The second-order valence-corrected chi connectivity index (χ2v) is 5.84. The van der Waals surface area contributed by atoms with Gasteiger partial charge in [-0.1, -0.05) is 11.8 Å². The summed E-state index contributed by atoms with van der Waals surface area (Å²) in [6, 6.07) is 0.169. The molecule has 2 aromatic rings. The Morgan fingerprint density at radius 2 is 2.32 bits per heavy atom. The van der Waals surface area contributed by atoms with Crippen molar-refractivity contribution in [1.82, 2.24) is 19.7 Å². The van der Waals surface area contributed by atoms with Gasteiger partial charge in [0, 0.05) is 17.2 Å². The van der Waals surface area contributed by atoms with Gasteiger partial charge in [0.2, 0.25) is 11.0 Å². The predicted molar refractivity (Wildman–Crippen MR) is 73.5 cm³/mol. The summed E-state index contributed by atoms with van der Waals surface area (Å²) in [6.07, 6.45) is 0. The molecule has 9 heteroatoms. The average molecular weight is 299 g/mol. The van der Waals surface area contributed by atoms with Crippen molar-refractivity contribution in [3.8, 4) is 0 Å². The van der Waals surface area contributed by atoms with Crippen molar-refractivity contribution < 1.29 is 9.90 Å². The van der Waals surface area contributed by atoms with Gasteiger partial charge in [-0.25, -0.2) is 9.78 Å². The third kappa shape index (κ3) is 3.04. The Labute approximate surface area is 117 Å². The Hall–Kier alpha value is -1.61. The number of aromatic carboxylic acids is 1. The second-order valence-electron chi connectivity index (χ2n) is 4.04. The van der Waals surface area contributed by atoms with E-state index in [1.165, 1.54) is 11.8 Å². The van der Waals surface area contributed by atoms with Gasteiger partial charge in [0.05, 0.1) is 5.69 Å². The number of hydrogen-bond donors (Lipinski definition) is 2. The van der Waals surface area contributed by atoms with E-state index in [0.717, 1.165) is 11.3 Å². The van der Waals surface area contributed by atoms with Gasteiger partial charge in [0.25, 0.3) is 0 Å². The summed E-state index contributed by atoms with van der Waals surface area (Å²) in [4.78, 5) is 14.7. The first-order valence-corrected chi connectivity index (χ1v) is 7.36. The monoisotopic (exact) mass is 299 g/mol. The zero-order valence-electron chi connectivity index (χ0n) is 10.4. The van der Waals surface area contributed by atoms with Crippen LogP contribution in [0.25, 0.3) is 0 Å². The van der Waals surface area contributed by atoms with E-state index in [9.17, 15) is 4.79 Å². The minimum atomic E-state index is -1.00. The molecule has 19 heavy (non-hydrogen) atoms. The fraction of sp³-hybridized carbons (Fsp3) is 0.400. The van der Waals surface area contributed by atoms with Gasteiger partial charge >= 0.3 is 5.97 Å². The van der Waals surface area contributed by atoms with Crippen LogP contribution in [-0.4, -0.2) is 30.8 Å². The molecule has 0 aromatic carbocycles. The molecule has 0 aliphatic carbocycles. The Balaban J connectivity index is 2.08. The van der Waals surface area contributed by atoms with Gasteiger partial charge < -0.3 is 10.8 Å². The lowest BCUT2D eigenvalue weighted by Gasteiger charge is -2.10. The smallest absolute Gasteiger partial charge is 0.365 e. The van der Waals surface area contributed by atoms with E-state index >= 15 is 0 Å². The molecule has 0 atom stereocenters. The highest BCUT2D eigenvalue weighted by molar-refractivity contribution is 7.98. The molecule has 0 saturated carbocycles. The number of nitrogens with two attached hydrogens (primary N) is 1. The average Bonchev–Trinajstić information content (AvgIpc) is 2.92. The molecule has 2 aromatic heterocycles. The number of nitrogen functional groups attached to an aromatic ring is 1. The van der Waals surface area contributed by atoms with Crippen molar-refractivity contribution in [1.29, 1.82) is 0 Å². The van der Waals surface area contributed by atoms with Crippen LogP contribution >= 0.6 is 23.1 Å². The largest absolute Gasteiger partial charge is 0.476 e. The lowest BCUT2D eigenvalue weighted by atomic mass is 10.4. The molecule has 0 fully saturated rings. The number of hydrogen-bond acceptors (Lipinski definition) is 7. The van der Waals surface area contributed by atoms with Crippen molar-refractivity contribution in [2.75, 3.05) is 5.73 Å². The molecule has 0 amide bonds. The molecule has 2 heterocycles. The van der Waals surface area contributed by atoms with Gasteiger partial charge in [-0.3, -0.25) is 4.57 Å². The normalized spacial score (nSPS) is 11.1. The van der Waals surface area contributed by atoms with E-state index in [0.29, 0.717) is 22.6 Å². The Kier molecular flexibility index (Phi) is 4.05. The number of rotatable bonds is 5. The fourth-order valence-electron chi connectivity index (χ4n) is 1.48. The number of carbonyl (C=O) groups is 1. The third-order valence-electron chi connectivity index (χ3n) is 2.29. The Bertz CT molecular complexity index is 593. The minimum Gasteiger partial charge on any atom is -0.476 e. The maximum atomic E-state index is 10.7. The van der Waals surface area contributed by atoms with Crippen LogP contribution in [0.2, 0.25) is 0 Å². The van der Waals surface area contributed by atoms with Crippen LogP contribution < -0.4 is 5.73 Å². The van der Waals surface area contributed by atoms with Crippen molar-refractivity contribution in [2.24, 2.45) is 0 Å². The lowest BCUT2D eigenvalue weighted by molar-refractivity contribution is 0.0696. The highest BCUT2D eigenvalue weighted by atomic mass is 32.2. The standard InChI is InChI=1S/C10H13N5O2S2/c1-5(2)15-9(11)13-14-10(15)19-4-6-3-18-7(12-6)8(16)17/h3,5H,4H2,1-2H3,(H2,11,13)(H,16,17). The number of nitrogens with zero attached hydrogens (tertiary/aromatic N) is 4. The fourth-order valence-corrected chi connectivity index (χ4v) is 3.21. The summed E-state index contributed by atoms with van der Waals surface area (Å²) in [7, 11) is 0. The predicted octanol–water partition coefficient (Wildman–Crippen LogP) is 1.89. The van der Waals surface area contributed by atoms with E-state index in [1.54, 1.807) is 5.38 Å². The summed E-state index contributed by atoms with van der Waals surface area (Å²) in [5.74, 6) is -0.0907. The maximum Gasteiger partial charge on any atom is 0.365 e. The van der Waals surface area contributed by atoms with Crippen LogP contribution in [0.4, 0.5) is 5.95 Å². The molecule has 0 radical (unpaired) electrons. The third-order valence-corrected chi connectivity index (χ3v) is 4.15. The van der Waals surface area contributed by atoms with E-state index in [1.807, 2.05) is 18.4 Å². The van der Waals surface area contributed by atoms with Crippen LogP contribution in [0.1, 0.15) is 35.4 Å². The number of carboxylic acid groups (broad SMARTS) is 1. The first-order valence-electron chi connectivity index (χ1n) is 5.50. The number of carboxylic acids is 1. The minimum absolute atomic E-state index is 0.0976. The summed E-state index contributed by atoms with van der Waals surface area (Å²) in [5.41, 5.74) is 6.45. The molecular weight excluding hydrogens is 286 g/mol. The topological polar surface area (TPSA) is 107 Å². The van der Waals surface area contributed by atoms with Crippen LogP contribution in [0, 0.1) is 0 Å². The van der Waals surface area contributed by atoms with Crippen molar-refractivity contribution in [3.05, 3.63) is 16.1 Å². The molecule has 7 nitrogen and oxygen atoms in total. The van der Waals surface area contributed by atoms with E-state index in [-0.39, 0.29) is 11.0 Å². The Morgan fingerprint density at radius 3 is 2.89 bits per heavy atom. The van der Waals surface area contributed by atoms with Gasteiger partial charge in [0.15, 0.2) is 5.16 Å². The zero-order valence-corrected chi connectivity index (χ0v) is 12.0. The lowest BCUT2D eigenvalue weighted by Crippen LogP contribution is -2.07. The molecule has 2 rings (SSSR count). The van der Waals surface area contributed by atoms with E-state index < -0.39 is 5.97 Å². The van der Waals surface area contributed by atoms with Crippen LogP contribution in [0.3, 0.4) is 0 Å². The summed E-state index contributed by atoms with van der Waals surface area (Å²) in [6.45, 7) is 3.99. The molecule has 0 unspecified atom stereocenters. The summed E-state index contributed by atoms with van der Waals surface area (Å²) in [5, 5.41) is 19.2. The van der Waals surface area contributed by atoms with E-state index in [4.69, 9.17) is 10.8 Å². The molecule has 0 aliphatic heterocycles. The molecule has 0 aliphatic rings. The van der Waals surface area contributed by atoms with Gasteiger partial charge in [0.1, 0.15) is 0 Å². The maximum absolute atomic E-state index is 10.7. The molecule has 0 saturated heterocycles. The Morgan fingerprint density at radius 1 is 1.58 bits per heavy atom. The molecule has 102 valence electrons. The molecular formula is C10H13N5O2S2. The van der Waals surface area contributed by atoms with E-state index in [2.05, 4.69) is 15.2 Å². The van der Waals surface area contributed by atoms with Crippen molar-refractivity contribution in [2.45, 2.75) is 30.8 Å². The number of thiazole rings is 1. The number of anilines is 1. The van der Waals surface area contributed by atoms with Crippen LogP contribution in [-0.2, 0) is 5.75 Å². The first kappa shape index (κ1) is 13.8. The number of thioether (sulfide) groups is 1. The van der Waals surface area contributed by atoms with Crippen molar-refractivity contribution >= 4 is 35.0 Å². The SMILES string of the molecule is CC(C)n1c(N)nnc1SCc1csc(C(=O)O)n1. The first-order chi connectivity index (χ1) is 8.99. The summed E-state index contributed by atoms with van der Waals surface area (Å²) < 4.78 is 1.83. The second kappa shape index (κ2) is 5.57. The van der Waals surface area contributed by atoms with Gasteiger partial charge in [-0.2, -0.15) is 0 Å².